The number of amides is 1. The number of carbonyl (C=O) groups is 1. The molecule has 1 amide bonds. The molecule has 0 fully saturated rings. The summed E-state index contributed by atoms with van der Waals surface area (Å²) in [7, 11) is 0. The molecule has 0 unspecified atom stereocenters. The number of anilines is 1. The molecule has 3 nitrogen and oxygen atoms in total. The lowest BCUT2D eigenvalue weighted by Gasteiger charge is -2.01. The lowest BCUT2D eigenvalue weighted by molar-refractivity contribution is -0.116. The second kappa shape index (κ2) is 8.00. The molecule has 0 spiro atoms. The predicted octanol–water partition coefficient (Wildman–Crippen LogP) is 4.99. The molecule has 0 aliphatic carbocycles. The molecule has 0 saturated carbocycles. The molecule has 1 heterocycles. The molecule has 0 atom stereocenters. The van der Waals surface area contributed by atoms with Gasteiger partial charge in [-0.25, -0.2) is 4.98 Å². The molecule has 2 rings (SSSR count). The summed E-state index contributed by atoms with van der Waals surface area (Å²) in [4.78, 5) is 16.2. The van der Waals surface area contributed by atoms with E-state index in [-0.39, 0.29) is 5.91 Å². The molecule has 1 aromatic carbocycles. The van der Waals surface area contributed by atoms with Gasteiger partial charge in [-0.1, -0.05) is 62.5 Å². The topological polar surface area (TPSA) is 42.0 Å². The summed E-state index contributed by atoms with van der Waals surface area (Å²) < 4.78 is 1.11. The second-order valence-electron chi connectivity index (χ2n) is 5.05. The lowest BCUT2D eigenvalue weighted by atomic mass is 10.1. The van der Waals surface area contributed by atoms with Crippen molar-refractivity contribution in [3.8, 4) is 0 Å². The molecule has 4 heteroatoms. The van der Waals surface area contributed by atoms with Crippen LogP contribution in [0.1, 0.15) is 51.9 Å². The average molecular weight is 290 g/mol. The normalized spacial score (nSPS) is 10.8. The van der Waals surface area contributed by atoms with Crippen molar-refractivity contribution < 1.29 is 4.79 Å². The number of hydrogen-bond donors (Lipinski definition) is 1. The first-order chi connectivity index (χ1) is 9.79. The van der Waals surface area contributed by atoms with Crippen molar-refractivity contribution in [2.45, 2.75) is 51.9 Å². The first-order valence-corrected chi connectivity index (χ1v) is 8.26. The number of para-hydroxylation sites is 1. The Hall–Kier alpha value is -1.42. The number of aromatic nitrogens is 1. The quantitative estimate of drug-likeness (QED) is 0.696. The predicted molar refractivity (Wildman–Crippen MR) is 86.2 cm³/mol. The minimum atomic E-state index is 0.0829. The Morgan fingerprint density at radius 1 is 1.15 bits per heavy atom. The van der Waals surface area contributed by atoms with E-state index in [1.807, 2.05) is 24.3 Å². The molecule has 1 N–H and O–H groups in total. The molecule has 0 aliphatic rings. The molecule has 20 heavy (non-hydrogen) atoms. The highest BCUT2D eigenvalue weighted by atomic mass is 32.1. The van der Waals surface area contributed by atoms with E-state index in [1.165, 1.54) is 37.0 Å². The van der Waals surface area contributed by atoms with Crippen LogP contribution in [0.15, 0.2) is 24.3 Å². The van der Waals surface area contributed by atoms with Gasteiger partial charge >= 0.3 is 0 Å². The number of hydrogen-bond acceptors (Lipinski definition) is 3. The fourth-order valence-corrected chi connectivity index (χ4v) is 3.06. The van der Waals surface area contributed by atoms with Gasteiger partial charge in [0.15, 0.2) is 5.13 Å². The number of carbonyl (C=O) groups excluding carboxylic acids is 1. The minimum absolute atomic E-state index is 0.0829. The van der Waals surface area contributed by atoms with Gasteiger partial charge in [-0.15, -0.1) is 0 Å². The van der Waals surface area contributed by atoms with E-state index < -0.39 is 0 Å². The van der Waals surface area contributed by atoms with Gasteiger partial charge in [0.1, 0.15) is 0 Å². The van der Waals surface area contributed by atoms with Gasteiger partial charge in [0.2, 0.25) is 5.91 Å². The highest BCUT2D eigenvalue weighted by Gasteiger charge is 2.07. The monoisotopic (exact) mass is 290 g/mol. The van der Waals surface area contributed by atoms with Crippen molar-refractivity contribution >= 4 is 32.6 Å². The van der Waals surface area contributed by atoms with Gasteiger partial charge in [0.25, 0.3) is 0 Å². The maximum Gasteiger partial charge on any atom is 0.226 e. The zero-order chi connectivity index (χ0) is 14.2. The Labute approximate surface area is 124 Å². The summed E-state index contributed by atoms with van der Waals surface area (Å²) in [5.74, 6) is 0.0829. The maximum atomic E-state index is 11.8. The van der Waals surface area contributed by atoms with Crippen LogP contribution >= 0.6 is 11.3 Å². The van der Waals surface area contributed by atoms with Gasteiger partial charge in [0, 0.05) is 6.42 Å². The van der Waals surface area contributed by atoms with Gasteiger partial charge < -0.3 is 5.32 Å². The summed E-state index contributed by atoms with van der Waals surface area (Å²) in [6, 6.07) is 7.94. The first kappa shape index (κ1) is 15.0. The fourth-order valence-electron chi connectivity index (χ4n) is 2.17. The van der Waals surface area contributed by atoms with Crippen LogP contribution in [0.5, 0.6) is 0 Å². The van der Waals surface area contributed by atoms with Crippen LogP contribution in [0.2, 0.25) is 0 Å². The van der Waals surface area contributed by atoms with Crippen molar-refractivity contribution in [3.63, 3.8) is 0 Å². The summed E-state index contributed by atoms with van der Waals surface area (Å²) in [5, 5.41) is 3.61. The van der Waals surface area contributed by atoms with Crippen LogP contribution in [0.4, 0.5) is 5.13 Å². The van der Waals surface area contributed by atoms with Crippen molar-refractivity contribution in [3.05, 3.63) is 24.3 Å². The lowest BCUT2D eigenvalue weighted by Crippen LogP contribution is -2.10. The first-order valence-electron chi connectivity index (χ1n) is 7.45. The van der Waals surface area contributed by atoms with E-state index in [9.17, 15) is 4.79 Å². The van der Waals surface area contributed by atoms with E-state index in [4.69, 9.17) is 0 Å². The Bertz CT molecular complexity index is 517. The number of nitrogens with one attached hydrogen (secondary N) is 1. The summed E-state index contributed by atoms with van der Waals surface area (Å²) in [6.45, 7) is 2.21. The molecule has 108 valence electrons. The molecule has 0 saturated heterocycles. The Kier molecular flexibility index (Phi) is 5.99. The molecule has 2 aromatic rings. The zero-order valence-corrected chi connectivity index (χ0v) is 12.8. The number of nitrogens with zero attached hydrogens (tertiary/aromatic N) is 1. The Balaban J connectivity index is 1.71. The molecule has 0 radical (unpaired) electrons. The third kappa shape index (κ3) is 4.60. The van der Waals surface area contributed by atoms with Crippen molar-refractivity contribution in [2.24, 2.45) is 0 Å². The van der Waals surface area contributed by atoms with Crippen molar-refractivity contribution in [2.75, 3.05) is 5.32 Å². The molecular formula is C16H22N2OS. The van der Waals surface area contributed by atoms with Gasteiger partial charge in [-0.2, -0.15) is 0 Å². The molecular weight excluding hydrogens is 268 g/mol. The third-order valence-corrected chi connectivity index (χ3v) is 4.25. The Morgan fingerprint density at radius 2 is 1.90 bits per heavy atom. The maximum absolute atomic E-state index is 11.8. The number of unbranched alkanes of at least 4 members (excludes halogenated alkanes) is 5. The second-order valence-corrected chi connectivity index (χ2v) is 6.08. The van der Waals surface area contributed by atoms with Gasteiger partial charge in [-0.3, -0.25) is 4.79 Å². The van der Waals surface area contributed by atoms with Crippen LogP contribution in [-0.2, 0) is 4.79 Å². The number of benzene rings is 1. The van der Waals surface area contributed by atoms with E-state index in [1.54, 1.807) is 0 Å². The standard InChI is InChI=1S/C16H22N2OS/c1-2-3-4-5-6-7-12-15(19)18-16-17-13-10-8-9-11-14(13)20-16/h8-11H,2-7,12H2,1H3,(H,17,18,19). The number of thiazole rings is 1. The number of fused-ring (bicyclic) bond motifs is 1. The highest BCUT2D eigenvalue weighted by molar-refractivity contribution is 7.22. The van der Waals surface area contributed by atoms with Crippen LogP contribution in [0.25, 0.3) is 10.2 Å². The minimum Gasteiger partial charge on any atom is -0.302 e. The van der Waals surface area contributed by atoms with E-state index in [0.29, 0.717) is 11.6 Å². The summed E-state index contributed by atoms with van der Waals surface area (Å²) >= 11 is 1.53. The van der Waals surface area contributed by atoms with E-state index in [2.05, 4.69) is 17.2 Å². The smallest absolute Gasteiger partial charge is 0.226 e. The Morgan fingerprint density at radius 3 is 2.70 bits per heavy atom. The van der Waals surface area contributed by atoms with Crippen LogP contribution in [0, 0.1) is 0 Å². The SMILES string of the molecule is CCCCCCCCC(=O)Nc1nc2ccccc2s1. The fraction of sp³-hybridized carbons (Fsp3) is 0.500. The molecule has 1 aromatic heterocycles. The van der Waals surface area contributed by atoms with E-state index >= 15 is 0 Å². The largest absolute Gasteiger partial charge is 0.302 e. The van der Waals surface area contributed by atoms with Crippen molar-refractivity contribution in [1.82, 2.24) is 4.98 Å². The molecule has 0 bridgehead atoms. The van der Waals surface area contributed by atoms with Crippen LogP contribution in [-0.4, -0.2) is 10.9 Å². The van der Waals surface area contributed by atoms with Crippen molar-refractivity contribution in [1.29, 1.82) is 0 Å². The van der Waals surface area contributed by atoms with Crippen LogP contribution < -0.4 is 5.32 Å². The third-order valence-electron chi connectivity index (χ3n) is 3.30. The number of rotatable bonds is 8. The average Bonchev–Trinajstić information content (AvgIpc) is 2.84. The molecule has 0 aliphatic heterocycles. The summed E-state index contributed by atoms with van der Waals surface area (Å²) in [6.07, 6.45) is 7.81. The van der Waals surface area contributed by atoms with Gasteiger partial charge in [0.05, 0.1) is 10.2 Å². The summed E-state index contributed by atoms with van der Waals surface area (Å²) in [5.41, 5.74) is 0.951. The zero-order valence-electron chi connectivity index (χ0n) is 12.0. The van der Waals surface area contributed by atoms with Gasteiger partial charge in [-0.05, 0) is 18.6 Å². The van der Waals surface area contributed by atoms with Crippen LogP contribution in [0.3, 0.4) is 0 Å². The van der Waals surface area contributed by atoms with E-state index in [0.717, 1.165) is 23.1 Å². The highest BCUT2D eigenvalue weighted by Crippen LogP contribution is 2.25.